The van der Waals surface area contributed by atoms with E-state index in [-0.39, 0.29) is 30.4 Å². The summed E-state index contributed by atoms with van der Waals surface area (Å²) in [5.41, 5.74) is 0.241. The van der Waals surface area contributed by atoms with Crippen LogP contribution in [-0.4, -0.2) is 31.3 Å². The summed E-state index contributed by atoms with van der Waals surface area (Å²) in [6.45, 7) is 2.80. The van der Waals surface area contributed by atoms with Gasteiger partial charge in [-0.05, 0) is 24.7 Å². The van der Waals surface area contributed by atoms with E-state index in [2.05, 4.69) is 23.9 Å². The van der Waals surface area contributed by atoms with Gasteiger partial charge in [0, 0.05) is 12.5 Å². The van der Waals surface area contributed by atoms with E-state index in [1.54, 1.807) is 0 Å². The number of amides is 1. The van der Waals surface area contributed by atoms with E-state index in [9.17, 15) is 18.0 Å². The predicted molar refractivity (Wildman–Crippen MR) is 61.1 cm³/mol. The molecule has 0 aromatic carbocycles. The molecule has 1 aliphatic rings. The number of ether oxygens (including phenoxy) is 1. The Morgan fingerprint density at radius 2 is 2.11 bits per heavy atom. The van der Waals surface area contributed by atoms with Crippen molar-refractivity contribution >= 4 is 5.91 Å². The highest BCUT2D eigenvalue weighted by Gasteiger charge is 2.31. The minimum absolute atomic E-state index is 0.0208. The van der Waals surface area contributed by atoms with E-state index in [4.69, 9.17) is 0 Å². The highest BCUT2D eigenvalue weighted by atomic mass is 19.4. The van der Waals surface area contributed by atoms with Crippen molar-refractivity contribution in [1.82, 2.24) is 5.32 Å². The zero-order chi connectivity index (χ0) is 13.8. The van der Waals surface area contributed by atoms with Crippen LogP contribution in [0.4, 0.5) is 13.2 Å². The van der Waals surface area contributed by atoms with Gasteiger partial charge in [0.1, 0.15) is 6.61 Å². The van der Waals surface area contributed by atoms with Crippen LogP contribution in [-0.2, 0) is 9.53 Å². The van der Waals surface area contributed by atoms with Crippen LogP contribution in [0.15, 0.2) is 0 Å². The first-order chi connectivity index (χ1) is 8.18. The molecular weight excluding hydrogens is 247 g/mol. The second-order valence-corrected chi connectivity index (χ2v) is 5.59. The molecule has 0 radical (unpaired) electrons. The van der Waals surface area contributed by atoms with Gasteiger partial charge in [-0.1, -0.05) is 13.8 Å². The third kappa shape index (κ3) is 6.23. The quantitative estimate of drug-likeness (QED) is 0.778. The van der Waals surface area contributed by atoms with E-state index in [1.807, 2.05) is 0 Å². The van der Waals surface area contributed by atoms with Gasteiger partial charge in [-0.3, -0.25) is 4.79 Å². The second-order valence-electron chi connectivity index (χ2n) is 5.59. The standard InChI is InChI=1S/C12H20F3NO2/c1-11(2)5-3-9(7-11)16-10(17)4-6-18-8-12(13,14)15/h9H,3-8H2,1-2H3,(H,16,17). The third-order valence-corrected chi connectivity index (χ3v) is 3.07. The molecule has 0 aromatic rings. The second kappa shape index (κ2) is 5.91. The van der Waals surface area contributed by atoms with Gasteiger partial charge in [0.15, 0.2) is 0 Å². The summed E-state index contributed by atoms with van der Waals surface area (Å²) >= 11 is 0. The molecule has 0 spiro atoms. The number of carbonyl (C=O) groups is 1. The minimum atomic E-state index is -4.33. The Bertz CT molecular complexity index is 290. The van der Waals surface area contributed by atoms with Crippen molar-refractivity contribution in [3.8, 4) is 0 Å². The lowest BCUT2D eigenvalue weighted by Gasteiger charge is -2.17. The molecule has 18 heavy (non-hydrogen) atoms. The van der Waals surface area contributed by atoms with Crippen molar-refractivity contribution in [1.29, 1.82) is 0 Å². The summed E-state index contributed by atoms with van der Waals surface area (Å²) in [5, 5.41) is 2.83. The number of carbonyl (C=O) groups excluding carboxylic acids is 1. The molecule has 1 atom stereocenters. The van der Waals surface area contributed by atoms with E-state index in [0.29, 0.717) is 0 Å². The van der Waals surface area contributed by atoms with Gasteiger partial charge in [-0.25, -0.2) is 0 Å². The Hall–Kier alpha value is -0.780. The topological polar surface area (TPSA) is 38.3 Å². The number of nitrogens with one attached hydrogen (secondary N) is 1. The van der Waals surface area contributed by atoms with Gasteiger partial charge in [0.05, 0.1) is 6.61 Å². The molecule has 0 bridgehead atoms. The molecule has 1 amide bonds. The van der Waals surface area contributed by atoms with Gasteiger partial charge in [-0.15, -0.1) is 0 Å². The molecule has 0 aliphatic heterocycles. The first-order valence-electron chi connectivity index (χ1n) is 6.12. The summed E-state index contributed by atoms with van der Waals surface area (Å²) in [4.78, 5) is 11.5. The van der Waals surface area contributed by atoms with Gasteiger partial charge in [-0.2, -0.15) is 13.2 Å². The molecule has 1 aliphatic carbocycles. The smallest absolute Gasteiger partial charge is 0.372 e. The molecule has 0 heterocycles. The molecule has 1 N–H and O–H groups in total. The lowest BCUT2D eigenvalue weighted by molar-refractivity contribution is -0.174. The molecule has 0 aromatic heterocycles. The zero-order valence-electron chi connectivity index (χ0n) is 10.8. The maximum atomic E-state index is 11.8. The van der Waals surface area contributed by atoms with E-state index >= 15 is 0 Å². The molecule has 3 nitrogen and oxygen atoms in total. The van der Waals surface area contributed by atoms with Crippen molar-refractivity contribution in [2.24, 2.45) is 5.41 Å². The molecule has 1 unspecified atom stereocenters. The Morgan fingerprint density at radius 1 is 1.44 bits per heavy atom. The van der Waals surface area contributed by atoms with Crippen LogP contribution in [0, 0.1) is 5.41 Å². The van der Waals surface area contributed by atoms with Crippen LogP contribution in [0.5, 0.6) is 0 Å². The van der Waals surface area contributed by atoms with E-state index in [1.165, 1.54) is 0 Å². The fraction of sp³-hybridized carbons (Fsp3) is 0.917. The van der Waals surface area contributed by atoms with Crippen LogP contribution in [0.25, 0.3) is 0 Å². The maximum Gasteiger partial charge on any atom is 0.411 e. The van der Waals surface area contributed by atoms with Crippen molar-refractivity contribution < 1.29 is 22.7 Å². The molecular formula is C12H20F3NO2. The molecule has 0 saturated heterocycles. The van der Waals surface area contributed by atoms with Crippen LogP contribution < -0.4 is 5.32 Å². The Balaban J connectivity index is 2.12. The monoisotopic (exact) mass is 267 g/mol. The lowest BCUT2D eigenvalue weighted by Crippen LogP contribution is -2.34. The van der Waals surface area contributed by atoms with Crippen LogP contribution in [0.1, 0.15) is 39.5 Å². The average Bonchev–Trinajstić information content (AvgIpc) is 2.51. The van der Waals surface area contributed by atoms with Gasteiger partial charge < -0.3 is 10.1 Å². The summed E-state index contributed by atoms with van der Waals surface area (Å²) < 4.78 is 39.7. The molecule has 6 heteroatoms. The Kier molecular flexibility index (Phi) is 5.01. The average molecular weight is 267 g/mol. The summed E-state index contributed by atoms with van der Waals surface area (Å²) in [7, 11) is 0. The number of hydrogen-bond acceptors (Lipinski definition) is 2. The fourth-order valence-electron chi connectivity index (χ4n) is 2.21. The van der Waals surface area contributed by atoms with Crippen molar-refractivity contribution in [2.75, 3.05) is 13.2 Å². The first-order valence-corrected chi connectivity index (χ1v) is 6.12. The van der Waals surface area contributed by atoms with E-state index < -0.39 is 12.8 Å². The van der Waals surface area contributed by atoms with Crippen LogP contribution >= 0.6 is 0 Å². The predicted octanol–water partition coefficient (Wildman–Crippen LogP) is 2.65. The largest absolute Gasteiger partial charge is 0.411 e. The number of hydrogen-bond donors (Lipinski definition) is 1. The number of rotatable bonds is 5. The fourth-order valence-corrected chi connectivity index (χ4v) is 2.21. The minimum Gasteiger partial charge on any atom is -0.372 e. The van der Waals surface area contributed by atoms with Crippen molar-refractivity contribution in [3.05, 3.63) is 0 Å². The zero-order valence-corrected chi connectivity index (χ0v) is 10.8. The third-order valence-electron chi connectivity index (χ3n) is 3.07. The van der Waals surface area contributed by atoms with Crippen molar-refractivity contribution in [2.45, 2.75) is 51.7 Å². The number of halogens is 3. The van der Waals surface area contributed by atoms with Gasteiger partial charge >= 0.3 is 6.18 Å². The van der Waals surface area contributed by atoms with Gasteiger partial charge in [0.2, 0.25) is 5.91 Å². The summed E-state index contributed by atoms with van der Waals surface area (Å²) in [5.74, 6) is -0.236. The van der Waals surface area contributed by atoms with Crippen LogP contribution in [0.3, 0.4) is 0 Å². The Labute approximate surface area is 105 Å². The normalized spacial score (nSPS) is 23.1. The molecule has 1 fully saturated rings. The summed E-state index contributed by atoms with van der Waals surface area (Å²) in [6, 6.07) is 0.148. The number of alkyl halides is 3. The summed E-state index contributed by atoms with van der Waals surface area (Å²) in [6.07, 6.45) is -1.44. The molecule has 1 rings (SSSR count). The van der Waals surface area contributed by atoms with E-state index in [0.717, 1.165) is 19.3 Å². The highest BCUT2D eigenvalue weighted by Crippen LogP contribution is 2.36. The molecule has 1 saturated carbocycles. The molecule has 106 valence electrons. The SMILES string of the molecule is CC1(C)CCC(NC(=O)CCOCC(F)(F)F)C1. The first kappa shape index (κ1) is 15.3. The van der Waals surface area contributed by atoms with Gasteiger partial charge in [0.25, 0.3) is 0 Å². The highest BCUT2D eigenvalue weighted by molar-refractivity contribution is 5.76. The Morgan fingerprint density at radius 3 is 2.61 bits per heavy atom. The lowest BCUT2D eigenvalue weighted by atomic mass is 9.92. The maximum absolute atomic E-state index is 11.8. The van der Waals surface area contributed by atoms with Crippen LogP contribution in [0.2, 0.25) is 0 Å². The van der Waals surface area contributed by atoms with Crippen molar-refractivity contribution in [3.63, 3.8) is 0 Å².